The molecule has 0 saturated heterocycles. The Labute approximate surface area is 101 Å². The maximum absolute atomic E-state index is 13.7. The van der Waals surface area contributed by atoms with Crippen LogP contribution in [0.25, 0.3) is 17.2 Å². The predicted molar refractivity (Wildman–Crippen MR) is 69.2 cm³/mol. The van der Waals surface area contributed by atoms with Gasteiger partial charge in [-0.3, -0.25) is 4.98 Å². The van der Waals surface area contributed by atoms with Crippen LogP contribution in [0.4, 0.5) is 4.39 Å². The van der Waals surface area contributed by atoms with Gasteiger partial charge in [0.15, 0.2) is 0 Å². The van der Waals surface area contributed by atoms with E-state index in [9.17, 15) is 4.39 Å². The van der Waals surface area contributed by atoms with E-state index in [4.69, 9.17) is 0 Å². The van der Waals surface area contributed by atoms with Crippen LogP contribution in [0.15, 0.2) is 37.0 Å². The van der Waals surface area contributed by atoms with Crippen LogP contribution in [-0.2, 0) is 0 Å². The van der Waals surface area contributed by atoms with Gasteiger partial charge in [-0.2, -0.15) is 0 Å². The minimum Gasteiger partial charge on any atom is -0.256 e. The predicted octanol–water partition coefficient (Wildman–Crippen LogP) is 4.15. The van der Waals surface area contributed by atoms with Crippen molar-refractivity contribution in [1.29, 1.82) is 0 Å². The van der Waals surface area contributed by atoms with Gasteiger partial charge < -0.3 is 0 Å². The van der Waals surface area contributed by atoms with Crippen LogP contribution >= 0.6 is 0 Å². The van der Waals surface area contributed by atoms with Crippen molar-refractivity contribution in [3.05, 3.63) is 59.7 Å². The SMILES string of the molecule is C=Cc1ncc(-c2cc(C)ccc2F)cc1C. The highest BCUT2D eigenvalue weighted by atomic mass is 19.1. The zero-order valence-electron chi connectivity index (χ0n) is 10.00. The van der Waals surface area contributed by atoms with Crippen LogP contribution in [0, 0.1) is 19.7 Å². The minimum atomic E-state index is -0.219. The fourth-order valence-electron chi connectivity index (χ4n) is 1.81. The summed E-state index contributed by atoms with van der Waals surface area (Å²) < 4.78 is 13.7. The van der Waals surface area contributed by atoms with Gasteiger partial charge in [0.2, 0.25) is 0 Å². The van der Waals surface area contributed by atoms with E-state index >= 15 is 0 Å². The third-order valence-corrected chi connectivity index (χ3v) is 2.74. The summed E-state index contributed by atoms with van der Waals surface area (Å²) in [6.07, 6.45) is 3.38. The summed E-state index contributed by atoms with van der Waals surface area (Å²) in [7, 11) is 0. The quantitative estimate of drug-likeness (QED) is 0.751. The van der Waals surface area contributed by atoms with Crippen LogP contribution in [0.2, 0.25) is 0 Å². The van der Waals surface area contributed by atoms with E-state index in [0.717, 1.165) is 22.4 Å². The molecule has 1 nitrogen and oxygen atoms in total. The average Bonchev–Trinajstić information content (AvgIpc) is 2.32. The van der Waals surface area contributed by atoms with E-state index < -0.39 is 0 Å². The zero-order chi connectivity index (χ0) is 12.4. The van der Waals surface area contributed by atoms with Crippen LogP contribution in [-0.4, -0.2) is 4.98 Å². The Morgan fingerprint density at radius 2 is 2.00 bits per heavy atom. The molecule has 1 aromatic heterocycles. The molecule has 2 rings (SSSR count). The third-order valence-electron chi connectivity index (χ3n) is 2.74. The summed E-state index contributed by atoms with van der Waals surface area (Å²) in [6, 6.07) is 7.01. The molecule has 0 unspecified atom stereocenters. The summed E-state index contributed by atoms with van der Waals surface area (Å²) in [5.41, 5.74) is 4.26. The van der Waals surface area contributed by atoms with Crippen molar-refractivity contribution in [2.24, 2.45) is 0 Å². The number of rotatable bonds is 2. The largest absolute Gasteiger partial charge is 0.256 e. The van der Waals surface area contributed by atoms with E-state index in [-0.39, 0.29) is 5.82 Å². The number of pyridine rings is 1. The Morgan fingerprint density at radius 3 is 2.65 bits per heavy atom. The van der Waals surface area contributed by atoms with Gasteiger partial charge >= 0.3 is 0 Å². The number of benzene rings is 1. The Morgan fingerprint density at radius 1 is 1.24 bits per heavy atom. The monoisotopic (exact) mass is 227 g/mol. The first-order chi connectivity index (χ1) is 8.11. The number of hydrogen-bond acceptors (Lipinski definition) is 1. The molecule has 0 aliphatic rings. The van der Waals surface area contributed by atoms with Gasteiger partial charge in [0.05, 0.1) is 5.69 Å². The Balaban J connectivity index is 2.57. The van der Waals surface area contributed by atoms with Crippen LogP contribution in [0.1, 0.15) is 16.8 Å². The van der Waals surface area contributed by atoms with Crippen molar-refractivity contribution >= 4 is 6.08 Å². The summed E-state index contributed by atoms with van der Waals surface area (Å²) in [5, 5.41) is 0. The number of aryl methyl sites for hydroxylation is 2. The van der Waals surface area contributed by atoms with Crippen molar-refractivity contribution in [2.45, 2.75) is 13.8 Å². The molecule has 1 aromatic carbocycles. The molecule has 0 aliphatic heterocycles. The number of hydrogen-bond donors (Lipinski definition) is 0. The minimum absolute atomic E-state index is 0.219. The smallest absolute Gasteiger partial charge is 0.131 e. The van der Waals surface area contributed by atoms with Crippen molar-refractivity contribution in [3.8, 4) is 11.1 Å². The maximum atomic E-state index is 13.7. The van der Waals surface area contributed by atoms with E-state index in [2.05, 4.69) is 11.6 Å². The molecule has 0 aliphatic carbocycles. The molecular formula is C15H14FN. The highest BCUT2D eigenvalue weighted by Crippen LogP contribution is 2.25. The van der Waals surface area contributed by atoms with Gasteiger partial charge in [0, 0.05) is 17.3 Å². The molecule has 2 aromatic rings. The molecule has 0 bridgehead atoms. The molecule has 2 heteroatoms. The molecule has 0 saturated carbocycles. The Bertz CT molecular complexity index is 573. The van der Waals surface area contributed by atoms with E-state index in [0.29, 0.717) is 5.56 Å². The molecule has 1 heterocycles. The van der Waals surface area contributed by atoms with Crippen molar-refractivity contribution < 1.29 is 4.39 Å². The molecule has 0 spiro atoms. The lowest BCUT2D eigenvalue weighted by Crippen LogP contribution is -1.91. The molecule has 0 atom stereocenters. The second-order valence-electron chi connectivity index (χ2n) is 4.11. The Kier molecular flexibility index (Phi) is 3.05. The summed E-state index contributed by atoms with van der Waals surface area (Å²) in [6.45, 7) is 7.58. The number of nitrogens with zero attached hydrogens (tertiary/aromatic N) is 1. The molecule has 0 N–H and O–H groups in total. The van der Waals surface area contributed by atoms with Gasteiger partial charge in [-0.1, -0.05) is 18.2 Å². The molecule has 86 valence electrons. The van der Waals surface area contributed by atoms with E-state index in [1.807, 2.05) is 26.0 Å². The van der Waals surface area contributed by atoms with E-state index in [1.165, 1.54) is 6.07 Å². The highest BCUT2D eigenvalue weighted by molar-refractivity contribution is 5.66. The maximum Gasteiger partial charge on any atom is 0.131 e. The normalized spacial score (nSPS) is 10.3. The molecule has 0 amide bonds. The number of aromatic nitrogens is 1. The second-order valence-corrected chi connectivity index (χ2v) is 4.11. The number of halogens is 1. The first-order valence-electron chi connectivity index (χ1n) is 5.47. The van der Waals surface area contributed by atoms with Crippen molar-refractivity contribution in [3.63, 3.8) is 0 Å². The van der Waals surface area contributed by atoms with Gasteiger partial charge in [0.25, 0.3) is 0 Å². The highest BCUT2D eigenvalue weighted by Gasteiger charge is 2.07. The lowest BCUT2D eigenvalue weighted by atomic mass is 10.0. The van der Waals surface area contributed by atoms with Crippen LogP contribution < -0.4 is 0 Å². The van der Waals surface area contributed by atoms with Crippen LogP contribution in [0.5, 0.6) is 0 Å². The summed E-state index contributed by atoms with van der Waals surface area (Å²) in [5.74, 6) is -0.219. The third kappa shape index (κ3) is 2.26. The van der Waals surface area contributed by atoms with Gasteiger partial charge in [-0.05, 0) is 43.7 Å². The topological polar surface area (TPSA) is 12.9 Å². The van der Waals surface area contributed by atoms with Gasteiger partial charge in [-0.25, -0.2) is 4.39 Å². The lowest BCUT2D eigenvalue weighted by molar-refractivity contribution is 0.631. The van der Waals surface area contributed by atoms with Gasteiger partial charge in [-0.15, -0.1) is 0 Å². The standard InChI is InChI=1S/C15H14FN/c1-4-15-11(3)8-12(9-17-15)13-7-10(2)5-6-14(13)16/h4-9H,1H2,2-3H3. The molecular weight excluding hydrogens is 213 g/mol. The van der Waals surface area contributed by atoms with Crippen LogP contribution in [0.3, 0.4) is 0 Å². The summed E-state index contributed by atoms with van der Waals surface area (Å²) >= 11 is 0. The Hall–Kier alpha value is -1.96. The van der Waals surface area contributed by atoms with Crippen molar-refractivity contribution in [1.82, 2.24) is 4.98 Å². The average molecular weight is 227 g/mol. The summed E-state index contributed by atoms with van der Waals surface area (Å²) in [4.78, 5) is 4.26. The molecule has 17 heavy (non-hydrogen) atoms. The molecule has 0 radical (unpaired) electrons. The lowest BCUT2D eigenvalue weighted by Gasteiger charge is -2.07. The fraction of sp³-hybridized carbons (Fsp3) is 0.133. The second kappa shape index (κ2) is 4.50. The molecule has 0 fully saturated rings. The van der Waals surface area contributed by atoms with Gasteiger partial charge in [0.1, 0.15) is 5.82 Å². The fourth-order valence-corrected chi connectivity index (χ4v) is 1.81. The first-order valence-corrected chi connectivity index (χ1v) is 5.47. The first kappa shape index (κ1) is 11.5. The zero-order valence-corrected chi connectivity index (χ0v) is 10.00. The van der Waals surface area contributed by atoms with Crippen molar-refractivity contribution in [2.75, 3.05) is 0 Å². The van der Waals surface area contributed by atoms with E-state index in [1.54, 1.807) is 18.3 Å².